The number of halogens is 1. The highest BCUT2D eigenvalue weighted by Crippen LogP contribution is 2.20. The van der Waals surface area contributed by atoms with Gasteiger partial charge in [0.25, 0.3) is 0 Å². The fourth-order valence-electron chi connectivity index (χ4n) is 0.917. The molecule has 3 nitrogen and oxygen atoms in total. The molecule has 4 heteroatoms. The number of aliphatic hydroxyl groups is 1. The molecule has 1 rings (SSSR count). The number of hydrogen-bond donors (Lipinski definition) is 1. The van der Waals surface area contributed by atoms with E-state index in [-0.39, 0.29) is 0 Å². The van der Waals surface area contributed by atoms with E-state index in [4.69, 9.17) is 21.4 Å². The summed E-state index contributed by atoms with van der Waals surface area (Å²) >= 11 is 5.69. The lowest BCUT2D eigenvalue weighted by molar-refractivity contribution is -0.000328. The third-order valence-electron chi connectivity index (χ3n) is 1.34. The van der Waals surface area contributed by atoms with Gasteiger partial charge >= 0.3 is 0 Å². The molecule has 1 aromatic carbocycles. The van der Waals surface area contributed by atoms with Crippen LogP contribution in [0.2, 0.25) is 5.02 Å². The number of carbonyl (C=O) groups is 1. The van der Waals surface area contributed by atoms with Crippen molar-refractivity contribution in [2.24, 2.45) is 0 Å². The van der Waals surface area contributed by atoms with Crippen LogP contribution in [0.4, 0.5) is 0 Å². The molecule has 0 spiro atoms. The van der Waals surface area contributed by atoms with Gasteiger partial charge in [0.2, 0.25) is 0 Å². The molecule has 0 aliphatic carbocycles. The highest BCUT2D eigenvalue weighted by Gasteiger charge is 2.02. The van der Waals surface area contributed by atoms with E-state index >= 15 is 0 Å². The number of hydrogen-bond acceptors (Lipinski definition) is 3. The molecule has 0 radical (unpaired) electrons. The van der Waals surface area contributed by atoms with Crippen LogP contribution in [0.3, 0.4) is 0 Å². The van der Waals surface area contributed by atoms with Gasteiger partial charge in [-0.3, -0.25) is 4.79 Å². The average molecular weight is 201 g/mol. The number of aliphatic hydroxyl groups excluding tert-OH is 1. The summed E-state index contributed by atoms with van der Waals surface area (Å²) < 4.78 is 4.95. The van der Waals surface area contributed by atoms with Gasteiger partial charge in [0.1, 0.15) is 12.0 Å². The molecule has 1 unspecified atom stereocenters. The van der Waals surface area contributed by atoms with E-state index in [2.05, 4.69) is 0 Å². The smallest absolute Gasteiger partial charge is 0.194 e. The van der Waals surface area contributed by atoms with Crippen LogP contribution in [-0.4, -0.2) is 17.7 Å². The molecule has 1 atom stereocenters. The van der Waals surface area contributed by atoms with Crippen LogP contribution in [0, 0.1) is 0 Å². The van der Waals surface area contributed by atoms with Gasteiger partial charge < -0.3 is 9.84 Å². The molecule has 0 saturated heterocycles. The fraction of sp³-hybridized carbons (Fsp3) is 0.222. The summed E-state index contributed by atoms with van der Waals surface area (Å²) in [5, 5.41) is 9.31. The number of carbonyl (C=O) groups excluding carboxylic acids is 1. The van der Waals surface area contributed by atoms with Crippen molar-refractivity contribution in [2.75, 3.05) is 0 Å². The zero-order valence-corrected chi connectivity index (χ0v) is 7.78. The van der Waals surface area contributed by atoms with Crippen LogP contribution in [0.5, 0.6) is 5.75 Å². The Morgan fingerprint density at radius 1 is 1.54 bits per heavy atom. The second kappa shape index (κ2) is 4.25. The van der Waals surface area contributed by atoms with Crippen molar-refractivity contribution in [3.05, 3.63) is 28.8 Å². The Labute approximate surface area is 80.9 Å². The predicted octanol–water partition coefficient (Wildman–Crippen LogP) is 1.87. The van der Waals surface area contributed by atoms with Gasteiger partial charge in [-0.05, 0) is 25.1 Å². The molecular weight excluding hydrogens is 192 g/mol. The van der Waals surface area contributed by atoms with Gasteiger partial charge in [0.05, 0.1) is 0 Å². The van der Waals surface area contributed by atoms with Gasteiger partial charge in [-0.25, -0.2) is 0 Å². The first-order valence-electron chi connectivity index (χ1n) is 3.72. The molecule has 0 aliphatic heterocycles. The topological polar surface area (TPSA) is 46.5 Å². The standard InChI is InChI=1S/C9H9ClO3/c1-6(12)13-9-3-7(5-11)2-8(10)4-9/h2-6,12H,1H3. The van der Waals surface area contributed by atoms with Gasteiger partial charge in [-0.2, -0.15) is 0 Å². The molecule has 0 saturated carbocycles. The predicted molar refractivity (Wildman–Crippen MR) is 49.1 cm³/mol. The molecule has 1 aromatic rings. The molecular formula is C9H9ClO3. The Bertz CT molecular complexity index is 310. The average Bonchev–Trinajstić information content (AvgIpc) is 2.01. The van der Waals surface area contributed by atoms with Gasteiger partial charge in [0.15, 0.2) is 6.29 Å². The maximum atomic E-state index is 10.4. The molecule has 70 valence electrons. The van der Waals surface area contributed by atoms with Crippen molar-refractivity contribution in [3.8, 4) is 5.75 Å². The van der Waals surface area contributed by atoms with Crippen LogP contribution < -0.4 is 4.74 Å². The number of rotatable bonds is 3. The zero-order valence-electron chi connectivity index (χ0n) is 7.03. The summed E-state index contributed by atoms with van der Waals surface area (Å²) in [7, 11) is 0. The SMILES string of the molecule is CC(O)Oc1cc(Cl)cc(C=O)c1. The molecule has 0 fully saturated rings. The Morgan fingerprint density at radius 2 is 2.23 bits per heavy atom. The third-order valence-corrected chi connectivity index (χ3v) is 1.55. The van der Waals surface area contributed by atoms with Crippen molar-refractivity contribution in [1.29, 1.82) is 0 Å². The lowest BCUT2D eigenvalue weighted by Gasteiger charge is -2.08. The quantitative estimate of drug-likeness (QED) is 0.599. The van der Waals surface area contributed by atoms with Gasteiger partial charge in [-0.15, -0.1) is 0 Å². The summed E-state index contributed by atoms with van der Waals surface area (Å²) in [5.74, 6) is 0.379. The summed E-state index contributed by atoms with van der Waals surface area (Å²) in [6.07, 6.45) is -0.251. The van der Waals surface area contributed by atoms with E-state index in [0.717, 1.165) is 0 Å². The molecule has 0 bridgehead atoms. The van der Waals surface area contributed by atoms with E-state index in [1.807, 2.05) is 0 Å². The van der Waals surface area contributed by atoms with Crippen LogP contribution >= 0.6 is 11.6 Å². The molecule has 13 heavy (non-hydrogen) atoms. The summed E-state index contributed by atoms with van der Waals surface area (Å²) in [6.45, 7) is 1.47. The van der Waals surface area contributed by atoms with Crippen LogP contribution in [0.1, 0.15) is 17.3 Å². The minimum atomic E-state index is -0.919. The largest absolute Gasteiger partial charge is 0.465 e. The van der Waals surface area contributed by atoms with Crippen molar-refractivity contribution in [2.45, 2.75) is 13.2 Å². The highest BCUT2D eigenvalue weighted by molar-refractivity contribution is 6.31. The summed E-state index contributed by atoms with van der Waals surface area (Å²) in [5.41, 5.74) is 0.420. The Morgan fingerprint density at radius 3 is 2.77 bits per heavy atom. The Balaban J connectivity index is 2.94. The van der Waals surface area contributed by atoms with Crippen molar-refractivity contribution >= 4 is 17.9 Å². The highest BCUT2D eigenvalue weighted by atomic mass is 35.5. The lowest BCUT2D eigenvalue weighted by atomic mass is 10.2. The van der Waals surface area contributed by atoms with Crippen LogP contribution in [-0.2, 0) is 0 Å². The number of aldehydes is 1. The zero-order chi connectivity index (χ0) is 9.84. The van der Waals surface area contributed by atoms with E-state index in [0.29, 0.717) is 22.6 Å². The second-order valence-corrected chi connectivity index (χ2v) is 2.99. The Kier molecular flexibility index (Phi) is 3.28. The van der Waals surface area contributed by atoms with Gasteiger partial charge in [-0.1, -0.05) is 11.6 Å². The first kappa shape index (κ1) is 10.0. The summed E-state index contributed by atoms with van der Waals surface area (Å²) in [4.78, 5) is 10.4. The lowest BCUT2D eigenvalue weighted by Crippen LogP contribution is -2.09. The minimum absolute atomic E-state index is 0.379. The number of benzene rings is 1. The van der Waals surface area contributed by atoms with Crippen LogP contribution in [0.15, 0.2) is 18.2 Å². The number of ether oxygens (including phenoxy) is 1. The Hall–Kier alpha value is -1.06. The fourth-order valence-corrected chi connectivity index (χ4v) is 1.15. The molecule has 0 amide bonds. The maximum absolute atomic E-state index is 10.4. The van der Waals surface area contributed by atoms with Crippen molar-refractivity contribution in [3.63, 3.8) is 0 Å². The molecule has 0 aromatic heterocycles. The first-order valence-corrected chi connectivity index (χ1v) is 4.10. The van der Waals surface area contributed by atoms with E-state index in [1.165, 1.54) is 25.1 Å². The van der Waals surface area contributed by atoms with Crippen molar-refractivity contribution in [1.82, 2.24) is 0 Å². The normalized spacial score (nSPS) is 12.2. The van der Waals surface area contributed by atoms with Crippen molar-refractivity contribution < 1.29 is 14.6 Å². The van der Waals surface area contributed by atoms with E-state index in [1.54, 1.807) is 0 Å². The van der Waals surface area contributed by atoms with Gasteiger partial charge in [0, 0.05) is 10.6 Å². The molecule has 0 aliphatic rings. The second-order valence-electron chi connectivity index (χ2n) is 2.56. The maximum Gasteiger partial charge on any atom is 0.194 e. The minimum Gasteiger partial charge on any atom is -0.465 e. The van der Waals surface area contributed by atoms with Crippen LogP contribution in [0.25, 0.3) is 0 Å². The summed E-state index contributed by atoms with van der Waals surface area (Å²) in [6, 6.07) is 4.55. The molecule has 0 heterocycles. The monoisotopic (exact) mass is 200 g/mol. The van der Waals surface area contributed by atoms with E-state index in [9.17, 15) is 4.79 Å². The third kappa shape index (κ3) is 3.05. The first-order chi connectivity index (χ1) is 6.11. The van der Waals surface area contributed by atoms with E-state index < -0.39 is 6.29 Å². The molecule has 1 N–H and O–H groups in total.